The summed E-state index contributed by atoms with van der Waals surface area (Å²) in [7, 11) is 0. The van der Waals surface area contributed by atoms with E-state index in [1.165, 1.54) is 5.56 Å². The van der Waals surface area contributed by atoms with Gasteiger partial charge in [-0.3, -0.25) is 0 Å². The van der Waals surface area contributed by atoms with Gasteiger partial charge >= 0.3 is 0 Å². The smallest absolute Gasteiger partial charge is 0.119 e. The maximum atomic E-state index is 9.16. The van der Waals surface area contributed by atoms with E-state index in [1.54, 1.807) is 0 Å². The third-order valence-corrected chi connectivity index (χ3v) is 3.41. The molecule has 0 amide bonds. The van der Waals surface area contributed by atoms with Gasteiger partial charge in [-0.1, -0.05) is 39.8 Å². The van der Waals surface area contributed by atoms with Crippen LogP contribution in [-0.2, 0) is 6.54 Å². The molecular weight excluding hydrogens is 250 g/mol. The van der Waals surface area contributed by atoms with Crippen molar-refractivity contribution in [3.63, 3.8) is 0 Å². The van der Waals surface area contributed by atoms with Gasteiger partial charge in [-0.15, -0.1) is 0 Å². The molecule has 0 saturated carbocycles. The number of hydrogen-bond donors (Lipinski definition) is 2. The quantitative estimate of drug-likeness (QED) is 0.766. The van der Waals surface area contributed by atoms with Gasteiger partial charge < -0.3 is 15.2 Å². The van der Waals surface area contributed by atoms with Crippen molar-refractivity contribution < 1.29 is 9.84 Å². The summed E-state index contributed by atoms with van der Waals surface area (Å²) in [5.41, 5.74) is 1.38. The molecule has 0 bridgehead atoms. The zero-order valence-corrected chi connectivity index (χ0v) is 13.3. The van der Waals surface area contributed by atoms with Crippen LogP contribution in [0, 0.1) is 5.41 Å². The summed E-state index contributed by atoms with van der Waals surface area (Å²) in [6.45, 7) is 10.5. The van der Waals surface area contributed by atoms with Gasteiger partial charge in [-0.25, -0.2) is 0 Å². The van der Waals surface area contributed by atoms with Gasteiger partial charge in [0.05, 0.1) is 6.61 Å². The number of nitrogens with one attached hydrogen (secondary N) is 1. The van der Waals surface area contributed by atoms with Gasteiger partial charge in [-0.05, 0) is 36.0 Å². The lowest BCUT2D eigenvalue weighted by atomic mass is 9.85. The number of rotatable bonds is 8. The van der Waals surface area contributed by atoms with Crippen molar-refractivity contribution in [1.82, 2.24) is 5.32 Å². The third-order valence-electron chi connectivity index (χ3n) is 3.41. The van der Waals surface area contributed by atoms with E-state index < -0.39 is 0 Å². The van der Waals surface area contributed by atoms with Crippen molar-refractivity contribution in [3.8, 4) is 5.75 Å². The SMILES string of the molecule is CCCOc1ccc(CNC(CCO)C(C)(C)C)cc1. The summed E-state index contributed by atoms with van der Waals surface area (Å²) in [6.07, 6.45) is 1.80. The number of aliphatic hydroxyl groups is 1. The Balaban J connectivity index is 2.51. The maximum Gasteiger partial charge on any atom is 0.119 e. The number of hydrogen-bond acceptors (Lipinski definition) is 3. The zero-order chi connectivity index (χ0) is 15.0. The van der Waals surface area contributed by atoms with Crippen molar-refractivity contribution in [1.29, 1.82) is 0 Å². The van der Waals surface area contributed by atoms with E-state index in [0.29, 0.717) is 6.04 Å². The first-order valence-corrected chi connectivity index (χ1v) is 7.53. The first-order valence-electron chi connectivity index (χ1n) is 7.53. The molecule has 1 aromatic carbocycles. The molecule has 0 saturated heterocycles. The topological polar surface area (TPSA) is 41.5 Å². The molecule has 20 heavy (non-hydrogen) atoms. The fourth-order valence-corrected chi connectivity index (χ4v) is 2.13. The molecule has 0 spiro atoms. The Hall–Kier alpha value is -1.06. The number of benzene rings is 1. The van der Waals surface area contributed by atoms with Crippen molar-refractivity contribution >= 4 is 0 Å². The fraction of sp³-hybridized carbons (Fsp3) is 0.647. The lowest BCUT2D eigenvalue weighted by molar-refractivity contribution is 0.196. The zero-order valence-electron chi connectivity index (χ0n) is 13.3. The van der Waals surface area contributed by atoms with Gasteiger partial charge in [0.25, 0.3) is 0 Å². The van der Waals surface area contributed by atoms with Crippen LogP contribution in [0.2, 0.25) is 0 Å². The third kappa shape index (κ3) is 5.93. The highest BCUT2D eigenvalue weighted by atomic mass is 16.5. The van der Waals surface area contributed by atoms with Crippen molar-refractivity contribution in [2.45, 2.75) is 53.1 Å². The molecule has 0 aliphatic carbocycles. The highest BCUT2D eigenvalue weighted by Crippen LogP contribution is 2.22. The second kappa shape index (κ2) is 8.28. The Labute approximate surface area is 123 Å². The second-order valence-electron chi connectivity index (χ2n) is 6.30. The van der Waals surface area contributed by atoms with Crippen LogP contribution in [0.25, 0.3) is 0 Å². The van der Waals surface area contributed by atoms with Crippen LogP contribution < -0.4 is 10.1 Å². The van der Waals surface area contributed by atoms with E-state index in [0.717, 1.165) is 31.7 Å². The molecule has 114 valence electrons. The average Bonchev–Trinajstić information content (AvgIpc) is 2.41. The summed E-state index contributed by atoms with van der Waals surface area (Å²) in [6, 6.07) is 8.53. The minimum absolute atomic E-state index is 0.146. The van der Waals surface area contributed by atoms with Gasteiger partial charge in [-0.2, -0.15) is 0 Å². The highest BCUT2D eigenvalue weighted by Gasteiger charge is 2.23. The molecule has 1 atom stereocenters. The van der Waals surface area contributed by atoms with Crippen molar-refractivity contribution in [2.75, 3.05) is 13.2 Å². The minimum atomic E-state index is 0.146. The Morgan fingerprint density at radius 1 is 1.20 bits per heavy atom. The van der Waals surface area contributed by atoms with Crippen LogP contribution in [0.5, 0.6) is 5.75 Å². The molecule has 1 rings (SSSR count). The van der Waals surface area contributed by atoms with Crippen LogP contribution >= 0.6 is 0 Å². The molecule has 0 aliphatic heterocycles. The molecule has 0 aromatic heterocycles. The van der Waals surface area contributed by atoms with E-state index in [4.69, 9.17) is 9.84 Å². The van der Waals surface area contributed by atoms with E-state index in [-0.39, 0.29) is 12.0 Å². The standard InChI is InChI=1S/C17H29NO2/c1-5-12-20-15-8-6-14(7-9-15)13-18-16(10-11-19)17(2,3)4/h6-9,16,18-19H,5,10-13H2,1-4H3. The van der Waals surface area contributed by atoms with Crippen LogP contribution in [-0.4, -0.2) is 24.4 Å². The van der Waals surface area contributed by atoms with Crippen LogP contribution in [0.15, 0.2) is 24.3 Å². The Morgan fingerprint density at radius 3 is 2.35 bits per heavy atom. The Kier molecular flexibility index (Phi) is 7.03. The lowest BCUT2D eigenvalue weighted by Gasteiger charge is -2.31. The molecule has 1 unspecified atom stereocenters. The molecule has 0 radical (unpaired) electrons. The first-order chi connectivity index (χ1) is 9.47. The van der Waals surface area contributed by atoms with E-state index in [1.807, 2.05) is 12.1 Å². The summed E-state index contributed by atoms with van der Waals surface area (Å²) in [5, 5.41) is 12.7. The highest BCUT2D eigenvalue weighted by molar-refractivity contribution is 5.27. The summed E-state index contributed by atoms with van der Waals surface area (Å²) >= 11 is 0. The largest absolute Gasteiger partial charge is 0.494 e. The summed E-state index contributed by atoms with van der Waals surface area (Å²) < 4.78 is 5.58. The number of aliphatic hydroxyl groups excluding tert-OH is 1. The van der Waals surface area contributed by atoms with E-state index in [9.17, 15) is 0 Å². The Morgan fingerprint density at radius 2 is 1.85 bits per heavy atom. The van der Waals surface area contributed by atoms with Crippen LogP contribution in [0.1, 0.15) is 46.1 Å². The second-order valence-corrected chi connectivity index (χ2v) is 6.30. The summed E-state index contributed by atoms with van der Waals surface area (Å²) in [4.78, 5) is 0. The molecule has 3 nitrogen and oxygen atoms in total. The predicted octanol–water partition coefficient (Wildman–Crippen LogP) is 3.36. The van der Waals surface area contributed by atoms with Crippen molar-refractivity contribution in [3.05, 3.63) is 29.8 Å². The maximum absolute atomic E-state index is 9.16. The monoisotopic (exact) mass is 279 g/mol. The first kappa shape index (κ1) is 17.0. The van der Waals surface area contributed by atoms with Crippen LogP contribution in [0.3, 0.4) is 0 Å². The summed E-state index contributed by atoms with van der Waals surface area (Å²) in [5.74, 6) is 0.929. The lowest BCUT2D eigenvalue weighted by Crippen LogP contribution is -2.40. The van der Waals surface area contributed by atoms with Crippen LogP contribution in [0.4, 0.5) is 0 Å². The molecule has 1 aromatic rings. The fourth-order valence-electron chi connectivity index (χ4n) is 2.13. The molecule has 0 fully saturated rings. The average molecular weight is 279 g/mol. The number of ether oxygens (including phenoxy) is 1. The van der Waals surface area contributed by atoms with Crippen molar-refractivity contribution in [2.24, 2.45) is 5.41 Å². The van der Waals surface area contributed by atoms with Gasteiger partial charge in [0, 0.05) is 19.2 Å². The minimum Gasteiger partial charge on any atom is -0.494 e. The van der Waals surface area contributed by atoms with Gasteiger partial charge in [0.2, 0.25) is 0 Å². The molecular formula is C17H29NO2. The normalized spacial score (nSPS) is 13.2. The van der Waals surface area contributed by atoms with E-state index in [2.05, 4.69) is 45.1 Å². The van der Waals surface area contributed by atoms with Gasteiger partial charge in [0.1, 0.15) is 5.75 Å². The van der Waals surface area contributed by atoms with E-state index >= 15 is 0 Å². The predicted molar refractivity (Wildman–Crippen MR) is 84.0 cm³/mol. The Bertz CT molecular complexity index is 368. The molecule has 0 aliphatic rings. The molecule has 3 heteroatoms. The van der Waals surface area contributed by atoms with Gasteiger partial charge in [0.15, 0.2) is 0 Å². The molecule has 0 heterocycles. The molecule has 2 N–H and O–H groups in total.